The van der Waals surface area contributed by atoms with E-state index in [0.717, 1.165) is 0 Å². The fourth-order valence-corrected chi connectivity index (χ4v) is 2.24. The maximum Gasteiger partial charge on any atom is 0.344 e. The number of amides is 1. The predicted molar refractivity (Wildman–Crippen MR) is 92.7 cm³/mol. The Kier molecular flexibility index (Phi) is 6.63. The number of halogens is 2. The van der Waals surface area contributed by atoms with Gasteiger partial charge in [0.2, 0.25) is 0 Å². The van der Waals surface area contributed by atoms with Gasteiger partial charge >= 0.3 is 5.97 Å². The fourth-order valence-electron chi connectivity index (χ4n) is 1.78. The van der Waals surface area contributed by atoms with Crippen molar-refractivity contribution in [2.75, 3.05) is 18.5 Å². The number of nitriles is 1. The molecule has 8 heteroatoms. The molecular weight excluding hydrogens is 367 g/mol. The molecule has 0 saturated carbocycles. The third kappa shape index (κ3) is 5.99. The van der Waals surface area contributed by atoms with Gasteiger partial charge in [0, 0.05) is 10.7 Å². The average Bonchev–Trinajstić information content (AvgIpc) is 2.59. The van der Waals surface area contributed by atoms with Crippen LogP contribution in [-0.2, 0) is 14.3 Å². The fraction of sp³-hybridized carbons (Fsp3) is 0.118. The summed E-state index contributed by atoms with van der Waals surface area (Å²) in [6.07, 6.45) is 0. The van der Waals surface area contributed by atoms with Crippen molar-refractivity contribution in [3.05, 3.63) is 58.1 Å². The highest BCUT2D eigenvalue weighted by molar-refractivity contribution is 6.35. The van der Waals surface area contributed by atoms with E-state index in [2.05, 4.69) is 5.32 Å². The molecule has 0 heterocycles. The normalized spacial score (nSPS) is 9.80. The molecule has 25 heavy (non-hydrogen) atoms. The molecule has 1 N–H and O–H groups in total. The molecule has 0 aliphatic heterocycles. The van der Waals surface area contributed by atoms with Gasteiger partial charge in [0.15, 0.2) is 13.2 Å². The number of rotatable bonds is 6. The summed E-state index contributed by atoms with van der Waals surface area (Å²) in [5.41, 5.74) is 0.840. The first kappa shape index (κ1) is 18.6. The van der Waals surface area contributed by atoms with Gasteiger partial charge in [-0.2, -0.15) is 5.26 Å². The lowest BCUT2D eigenvalue weighted by atomic mass is 10.2. The van der Waals surface area contributed by atoms with E-state index < -0.39 is 25.1 Å². The van der Waals surface area contributed by atoms with Gasteiger partial charge in [-0.05, 0) is 36.4 Å². The molecule has 6 nitrogen and oxygen atoms in total. The van der Waals surface area contributed by atoms with Crippen LogP contribution in [0.2, 0.25) is 10.0 Å². The van der Waals surface area contributed by atoms with Crippen LogP contribution in [0.25, 0.3) is 0 Å². The molecule has 0 unspecified atom stereocenters. The van der Waals surface area contributed by atoms with Gasteiger partial charge in [-0.15, -0.1) is 0 Å². The average molecular weight is 379 g/mol. The smallest absolute Gasteiger partial charge is 0.344 e. The molecule has 0 bridgehead atoms. The summed E-state index contributed by atoms with van der Waals surface area (Å²) < 4.78 is 10.0. The molecule has 0 fully saturated rings. The molecule has 0 atom stereocenters. The first-order valence-electron chi connectivity index (χ1n) is 7.01. The number of anilines is 1. The van der Waals surface area contributed by atoms with E-state index in [1.165, 1.54) is 18.2 Å². The van der Waals surface area contributed by atoms with E-state index >= 15 is 0 Å². The quantitative estimate of drug-likeness (QED) is 0.777. The first-order chi connectivity index (χ1) is 12.0. The molecule has 1 amide bonds. The van der Waals surface area contributed by atoms with Crippen molar-refractivity contribution >= 4 is 40.8 Å². The number of nitrogens with zero attached hydrogens (tertiary/aromatic N) is 1. The minimum Gasteiger partial charge on any atom is -0.480 e. The van der Waals surface area contributed by atoms with E-state index in [9.17, 15) is 9.59 Å². The standard InChI is InChI=1S/C17H12Cl2N2O4/c18-12-4-5-15(14(19)7-12)24-10-17(23)25-9-16(22)21-13-3-1-2-11(6-13)8-20/h1-7H,9-10H2,(H,21,22). The van der Waals surface area contributed by atoms with Crippen molar-refractivity contribution in [2.45, 2.75) is 0 Å². The Hall–Kier alpha value is -2.75. The van der Waals surface area contributed by atoms with Crippen LogP contribution in [0.4, 0.5) is 5.69 Å². The van der Waals surface area contributed by atoms with Crippen LogP contribution in [-0.4, -0.2) is 25.1 Å². The SMILES string of the molecule is N#Cc1cccc(NC(=O)COC(=O)COc2ccc(Cl)cc2Cl)c1. The van der Waals surface area contributed by atoms with Crippen molar-refractivity contribution < 1.29 is 19.1 Å². The number of nitrogens with one attached hydrogen (secondary N) is 1. The molecule has 0 radical (unpaired) electrons. The predicted octanol–water partition coefficient (Wildman–Crippen LogP) is 3.43. The molecule has 128 valence electrons. The second-order valence-electron chi connectivity index (χ2n) is 4.76. The summed E-state index contributed by atoms with van der Waals surface area (Å²) in [7, 11) is 0. The lowest BCUT2D eigenvalue weighted by molar-refractivity contribution is -0.149. The van der Waals surface area contributed by atoms with Gasteiger partial charge in [-0.1, -0.05) is 29.3 Å². The number of hydrogen-bond donors (Lipinski definition) is 1. The van der Waals surface area contributed by atoms with Crippen molar-refractivity contribution in [1.29, 1.82) is 5.26 Å². The van der Waals surface area contributed by atoms with E-state index in [1.807, 2.05) is 6.07 Å². The lowest BCUT2D eigenvalue weighted by Gasteiger charge is -2.09. The number of benzene rings is 2. The van der Waals surface area contributed by atoms with Gasteiger partial charge in [-0.3, -0.25) is 4.79 Å². The van der Waals surface area contributed by atoms with Crippen LogP contribution >= 0.6 is 23.2 Å². The maximum absolute atomic E-state index is 11.7. The topological polar surface area (TPSA) is 88.4 Å². The Bertz CT molecular complexity index is 834. The molecule has 2 rings (SSSR count). The number of esters is 1. The largest absolute Gasteiger partial charge is 0.480 e. The first-order valence-corrected chi connectivity index (χ1v) is 7.77. The van der Waals surface area contributed by atoms with Gasteiger partial charge in [0.05, 0.1) is 16.7 Å². The summed E-state index contributed by atoms with van der Waals surface area (Å²) in [5.74, 6) is -0.985. The van der Waals surface area contributed by atoms with Crippen LogP contribution in [0.5, 0.6) is 5.75 Å². The van der Waals surface area contributed by atoms with Crippen molar-refractivity contribution in [1.82, 2.24) is 0 Å². The van der Waals surface area contributed by atoms with Gasteiger partial charge in [0.25, 0.3) is 5.91 Å². The molecule has 0 saturated heterocycles. The zero-order valence-electron chi connectivity index (χ0n) is 12.8. The number of ether oxygens (including phenoxy) is 2. The number of carbonyl (C=O) groups is 2. The highest BCUT2D eigenvalue weighted by Gasteiger charge is 2.10. The Balaban J connectivity index is 1.77. The van der Waals surface area contributed by atoms with E-state index in [4.69, 9.17) is 37.9 Å². The minimum atomic E-state index is -0.730. The minimum absolute atomic E-state index is 0.260. The summed E-state index contributed by atoms with van der Waals surface area (Å²) in [6.45, 7) is -0.883. The molecule has 0 aliphatic carbocycles. The second kappa shape index (κ2) is 8.92. The Morgan fingerprint density at radius 1 is 1.12 bits per heavy atom. The van der Waals surface area contributed by atoms with Gasteiger partial charge in [0.1, 0.15) is 5.75 Å². The zero-order chi connectivity index (χ0) is 18.2. The number of hydrogen-bond acceptors (Lipinski definition) is 5. The highest BCUT2D eigenvalue weighted by atomic mass is 35.5. The van der Waals surface area contributed by atoms with Crippen LogP contribution in [0.1, 0.15) is 5.56 Å². The molecule has 0 spiro atoms. The summed E-state index contributed by atoms with van der Waals surface area (Å²) in [5, 5.41) is 12.0. The third-order valence-electron chi connectivity index (χ3n) is 2.88. The Morgan fingerprint density at radius 3 is 2.64 bits per heavy atom. The second-order valence-corrected chi connectivity index (χ2v) is 5.61. The molecule has 2 aromatic carbocycles. The summed E-state index contributed by atoms with van der Waals surface area (Å²) in [6, 6.07) is 12.9. The van der Waals surface area contributed by atoms with Crippen LogP contribution in [0.15, 0.2) is 42.5 Å². The highest BCUT2D eigenvalue weighted by Crippen LogP contribution is 2.27. The summed E-state index contributed by atoms with van der Waals surface area (Å²) >= 11 is 11.7. The molecule has 0 aromatic heterocycles. The third-order valence-corrected chi connectivity index (χ3v) is 3.41. The molecule has 2 aromatic rings. The van der Waals surface area contributed by atoms with E-state index in [0.29, 0.717) is 16.3 Å². The van der Waals surface area contributed by atoms with Crippen molar-refractivity contribution in [3.63, 3.8) is 0 Å². The van der Waals surface area contributed by atoms with E-state index in [1.54, 1.807) is 24.3 Å². The maximum atomic E-state index is 11.7. The lowest BCUT2D eigenvalue weighted by Crippen LogP contribution is -2.23. The molecule has 0 aliphatic rings. The van der Waals surface area contributed by atoms with Gasteiger partial charge < -0.3 is 14.8 Å². The van der Waals surface area contributed by atoms with Crippen molar-refractivity contribution in [2.24, 2.45) is 0 Å². The number of carbonyl (C=O) groups excluding carboxylic acids is 2. The van der Waals surface area contributed by atoms with Crippen LogP contribution in [0, 0.1) is 11.3 Å². The van der Waals surface area contributed by atoms with Gasteiger partial charge in [-0.25, -0.2) is 4.79 Å². The summed E-state index contributed by atoms with van der Waals surface area (Å²) in [4.78, 5) is 23.3. The van der Waals surface area contributed by atoms with E-state index in [-0.39, 0.29) is 10.8 Å². The zero-order valence-corrected chi connectivity index (χ0v) is 14.3. The van der Waals surface area contributed by atoms with Crippen molar-refractivity contribution in [3.8, 4) is 11.8 Å². The Morgan fingerprint density at radius 2 is 1.92 bits per heavy atom. The monoisotopic (exact) mass is 378 g/mol. The Labute approximate surface area is 153 Å². The molecular formula is C17H12Cl2N2O4. The van der Waals surface area contributed by atoms with Crippen LogP contribution in [0.3, 0.4) is 0 Å². The van der Waals surface area contributed by atoms with Crippen LogP contribution < -0.4 is 10.1 Å².